The average Bonchev–Trinajstić information content (AvgIpc) is 2.41. The van der Waals surface area contributed by atoms with Crippen LogP contribution in [0.4, 0.5) is 5.82 Å². The number of aryl methyl sites for hydroxylation is 1. The van der Waals surface area contributed by atoms with Crippen molar-refractivity contribution >= 4 is 11.7 Å². The Balaban J connectivity index is 1.79. The normalized spacial score (nSPS) is 17.2. The molecule has 19 heavy (non-hydrogen) atoms. The molecule has 6 nitrogen and oxygen atoms in total. The predicted octanol–water partition coefficient (Wildman–Crippen LogP) is 0.407. The van der Waals surface area contributed by atoms with Crippen molar-refractivity contribution in [1.29, 1.82) is 0 Å². The summed E-state index contributed by atoms with van der Waals surface area (Å²) in [4.78, 5) is 21.8. The van der Waals surface area contributed by atoms with Crippen molar-refractivity contribution < 1.29 is 4.79 Å². The number of anilines is 1. The van der Waals surface area contributed by atoms with Gasteiger partial charge in [0, 0.05) is 37.9 Å². The zero-order chi connectivity index (χ0) is 13.7. The number of likely N-dealkylation sites (N-methyl/N-ethyl adjacent to an activating group) is 1. The highest BCUT2D eigenvalue weighted by molar-refractivity contribution is 5.77. The Hall–Kier alpha value is -1.69. The molecular weight excluding hydrogens is 242 g/mol. The van der Waals surface area contributed by atoms with Crippen molar-refractivity contribution in [3.8, 4) is 0 Å². The molecular formula is C13H21N5O. The van der Waals surface area contributed by atoms with Crippen molar-refractivity contribution in [2.75, 3.05) is 32.0 Å². The van der Waals surface area contributed by atoms with Crippen LogP contribution in [0, 0.1) is 6.92 Å². The predicted molar refractivity (Wildman–Crippen MR) is 73.9 cm³/mol. The summed E-state index contributed by atoms with van der Waals surface area (Å²) in [5.41, 5.74) is 0.967. The van der Waals surface area contributed by atoms with Crippen LogP contribution in [0.2, 0.25) is 0 Å². The quantitative estimate of drug-likeness (QED) is 0.823. The van der Waals surface area contributed by atoms with Crippen LogP contribution < -0.4 is 10.6 Å². The van der Waals surface area contributed by atoms with E-state index >= 15 is 0 Å². The van der Waals surface area contributed by atoms with Gasteiger partial charge in [-0.1, -0.05) is 0 Å². The Morgan fingerprint density at radius 1 is 1.42 bits per heavy atom. The third kappa shape index (κ3) is 4.17. The van der Waals surface area contributed by atoms with E-state index in [1.807, 2.05) is 13.0 Å². The van der Waals surface area contributed by atoms with Gasteiger partial charge >= 0.3 is 0 Å². The molecule has 1 fully saturated rings. The second-order valence-corrected chi connectivity index (χ2v) is 4.91. The molecule has 0 bridgehead atoms. The Bertz CT molecular complexity index is 429. The van der Waals surface area contributed by atoms with Gasteiger partial charge in [0.1, 0.15) is 12.1 Å². The van der Waals surface area contributed by atoms with Gasteiger partial charge < -0.3 is 10.6 Å². The highest BCUT2D eigenvalue weighted by atomic mass is 16.1. The van der Waals surface area contributed by atoms with Crippen LogP contribution in [0.25, 0.3) is 0 Å². The number of aromatic nitrogens is 2. The smallest absolute Gasteiger partial charge is 0.233 e. The van der Waals surface area contributed by atoms with Crippen molar-refractivity contribution in [2.24, 2.45) is 0 Å². The van der Waals surface area contributed by atoms with Crippen LogP contribution in [0.5, 0.6) is 0 Å². The van der Waals surface area contributed by atoms with Crippen LogP contribution >= 0.6 is 0 Å². The lowest BCUT2D eigenvalue weighted by molar-refractivity contribution is -0.122. The zero-order valence-electron chi connectivity index (χ0n) is 11.5. The summed E-state index contributed by atoms with van der Waals surface area (Å²) in [5, 5.41) is 6.09. The molecule has 1 saturated heterocycles. The van der Waals surface area contributed by atoms with Gasteiger partial charge in [0.05, 0.1) is 6.54 Å². The standard InChI is InChI=1S/C13H21N5O/c1-10-7-12(16-9-15-10)17-11-3-5-18(6-4-11)8-13(19)14-2/h7,9,11H,3-6,8H2,1-2H3,(H,14,19)(H,15,16,17). The summed E-state index contributed by atoms with van der Waals surface area (Å²) in [5.74, 6) is 0.968. The van der Waals surface area contributed by atoms with Crippen LogP contribution in [0.1, 0.15) is 18.5 Å². The summed E-state index contributed by atoms with van der Waals surface area (Å²) < 4.78 is 0. The number of carbonyl (C=O) groups is 1. The van der Waals surface area contributed by atoms with Crippen molar-refractivity contribution in [3.05, 3.63) is 18.1 Å². The van der Waals surface area contributed by atoms with Gasteiger partial charge in [-0.25, -0.2) is 9.97 Å². The first-order valence-corrected chi connectivity index (χ1v) is 6.65. The first-order chi connectivity index (χ1) is 9.17. The molecule has 1 aromatic rings. The Kier molecular flexibility index (Phi) is 4.68. The van der Waals surface area contributed by atoms with E-state index in [0.717, 1.165) is 37.4 Å². The molecule has 0 unspecified atom stereocenters. The summed E-state index contributed by atoms with van der Waals surface area (Å²) in [6.45, 7) is 4.33. The minimum Gasteiger partial charge on any atom is -0.367 e. The lowest BCUT2D eigenvalue weighted by atomic mass is 10.1. The molecule has 1 amide bonds. The van der Waals surface area contributed by atoms with Gasteiger partial charge in [0.2, 0.25) is 5.91 Å². The van der Waals surface area contributed by atoms with Gasteiger partial charge in [-0.05, 0) is 19.8 Å². The maximum Gasteiger partial charge on any atom is 0.233 e. The fourth-order valence-electron chi connectivity index (χ4n) is 2.26. The van der Waals surface area contributed by atoms with E-state index in [0.29, 0.717) is 12.6 Å². The number of piperidine rings is 1. The number of amides is 1. The van der Waals surface area contributed by atoms with Gasteiger partial charge in [-0.2, -0.15) is 0 Å². The monoisotopic (exact) mass is 263 g/mol. The lowest BCUT2D eigenvalue weighted by Crippen LogP contribution is -2.43. The van der Waals surface area contributed by atoms with E-state index in [9.17, 15) is 4.79 Å². The van der Waals surface area contributed by atoms with Crippen LogP contribution in [0.15, 0.2) is 12.4 Å². The molecule has 0 radical (unpaired) electrons. The molecule has 0 saturated carbocycles. The summed E-state index contributed by atoms with van der Waals surface area (Å²) >= 11 is 0. The number of nitrogens with zero attached hydrogens (tertiary/aromatic N) is 3. The Morgan fingerprint density at radius 3 is 2.79 bits per heavy atom. The number of hydrogen-bond acceptors (Lipinski definition) is 5. The molecule has 2 heterocycles. The lowest BCUT2D eigenvalue weighted by Gasteiger charge is -2.31. The Labute approximate surface area is 113 Å². The van der Waals surface area contributed by atoms with Gasteiger partial charge in [-0.3, -0.25) is 9.69 Å². The molecule has 104 valence electrons. The van der Waals surface area contributed by atoms with Crippen molar-refractivity contribution in [3.63, 3.8) is 0 Å². The molecule has 1 aliphatic rings. The van der Waals surface area contributed by atoms with E-state index in [-0.39, 0.29) is 5.91 Å². The summed E-state index contributed by atoms with van der Waals surface area (Å²) in [6, 6.07) is 2.38. The minimum atomic E-state index is 0.0813. The van der Waals surface area contributed by atoms with Crippen LogP contribution in [-0.4, -0.2) is 53.5 Å². The van der Waals surface area contributed by atoms with Crippen molar-refractivity contribution in [1.82, 2.24) is 20.2 Å². The van der Waals surface area contributed by atoms with Crippen LogP contribution in [-0.2, 0) is 4.79 Å². The molecule has 1 aromatic heterocycles. The number of likely N-dealkylation sites (tertiary alicyclic amines) is 1. The Morgan fingerprint density at radius 2 is 2.16 bits per heavy atom. The highest BCUT2D eigenvalue weighted by Gasteiger charge is 2.20. The first kappa shape index (κ1) is 13.7. The molecule has 2 N–H and O–H groups in total. The maximum absolute atomic E-state index is 11.3. The molecule has 0 spiro atoms. The van der Waals surface area contributed by atoms with Crippen molar-refractivity contribution in [2.45, 2.75) is 25.8 Å². The SMILES string of the molecule is CNC(=O)CN1CCC(Nc2cc(C)ncn2)CC1. The molecule has 0 aliphatic carbocycles. The maximum atomic E-state index is 11.3. The molecule has 0 atom stereocenters. The topological polar surface area (TPSA) is 70.2 Å². The number of nitrogens with one attached hydrogen (secondary N) is 2. The molecule has 1 aliphatic heterocycles. The third-order valence-corrected chi connectivity index (χ3v) is 3.39. The molecule has 6 heteroatoms. The molecule has 2 rings (SSSR count). The van der Waals surface area contributed by atoms with Gasteiger partial charge in [0.25, 0.3) is 0 Å². The zero-order valence-corrected chi connectivity index (χ0v) is 11.5. The highest BCUT2D eigenvalue weighted by Crippen LogP contribution is 2.15. The fraction of sp³-hybridized carbons (Fsp3) is 0.615. The first-order valence-electron chi connectivity index (χ1n) is 6.65. The van der Waals surface area contributed by atoms with E-state index in [1.165, 1.54) is 0 Å². The van der Waals surface area contributed by atoms with Gasteiger partial charge in [-0.15, -0.1) is 0 Å². The van der Waals surface area contributed by atoms with E-state index in [1.54, 1.807) is 13.4 Å². The largest absolute Gasteiger partial charge is 0.367 e. The minimum absolute atomic E-state index is 0.0813. The van der Waals surface area contributed by atoms with Crippen LogP contribution in [0.3, 0.4) is 0 Å². The fourth-order valence-corrected chi connectivity index (χ4v) is 2.26. The average molecular weight is 263 g/mol. The van der Waals surface area contributed by atoms with Gasteiger partial charge in [0.15, 0.2) is 0 Å². The second kappa shape index (κ2) is 6.47. The number of hydrogen-bond donors (Lipinski definition) is 2. The second-order valence-electron chi connectivity index (χ2n) is 4.91. The number of rotatable bonds is 4. The summed E-state index contributed by atoms with van der Waals surface area (Å²) in [7, 11) is 1.67. The van der Waals surface area contributed by atoms with E-state index in [2.05, 4.69) is 25.5 Å². The summed E-state index contributed by atoms with van der Waals surface area (Å²) in [6.07, 6.45) is 3.64. The number of carbonyl (C=O) groups excluding carboxylic acids is 1. The van der Waals surface area contributed by atoms with E-state index < -0.39 is 0 Å². The van der Waals surface area contributed by atoms with E-state index in [4.69, 9.17) is 0 Å². The molecule has 0 aromatic carbocycles. The third-order valence-electron chi connectivity index (χ3n) is 3.39.